The summed E-state index contributed by atoms with van der Waals surface area (Å²) >= 11 is 0. The molecule has 0 spiro atoms. The molecule has 2 aromatic heterocycles. The molecule has 21 heavy (non-hydrogen) atoms. The predicted molar refractivity (Wildman–Crippen MR) is 82.5 cm³/mol. The normalized spacial score (nSPS) is 19.8. The quantitative estimate of drug-likeness (QED) is 0.755. The van der Waals surface area contributed by atoms with E-state index in [1.165, 1.54) is 0 Å². The molecule has 0 radical (unpaired) electrons. The van der Waals surface area contributed by atoms with Gasteiger partial charge in [-0.3, -0.25) is 0 Å². The summed E-state index contributed by atoms with van der Waals surface area (Å²) < 4.78 is 5.73. The van der Waals surface area contributed by atoms with E-state index in [0.717, 1.165) is 43.7 Å². The first-order chi connectivity index (χ1) is 10.3. The van der Waals surface area contributed by atoms with Gasteiger partial charge in [-0.2, -0.15) is 9.97 Å². The van der Waals surface area contributed by atoms with Crippen molar-refractivity contribution in [2.75, 3.05) is 23.8 Å². The van der Waals surface area contributed by atoms with E-state index in [1.807, 2.05) is 0 Å². The van der Waals surface area contributed by atoms with Crippen LogP contribution in [0.25, 0.3) is 11.2 Å². The Morgan fingerprint density at radius 2 is 2.38 bits per heavy atom. The Bertz CT molecular complexity index is 592. The number of anilines is 2. The Balaban J connectivity index is 1.83. The minimum Gasteiger partial charge on any atom is -0.376 e. The summed E-state index contributed by atoms with van der Waals surface area (Å²) in [6, 6.07) is 0.202. The van der Waals surface area contributed by atoms with Crippen molar-refractivity contribution in [2.24, 2.45) is 0 Å². The summed E-state index contributed by atoms with van der Waals surface area (Å²) in [5.41, 5.74) is 1.51. The van der Waals surface area contributed by atoms with Gasteiger partial charge in [-0.05, 0) is 26.2 Å². The van der Waals surface area contributed by atoms with E-state index in [9.17, 15) is 0 Å². The van der Waals surface area contributed by atoms with Gasteiger partial charge < -0.3 is 20.4 Å². The molecule has 0 aliphatic carbocycles. The molecule has 7 heteroatoms. The lowest BCUT2D eigenvalue weighted by molar-refractivity contribution is 0.0996. The zero-order chi connectivity index (χ0) is 14.7. The van der Waals surface area contributed by atoms with Crippen LogP contribution in [0.2, 0.25) is 0 Å². The third kappa shape index (κ3) is 3.07. The summed E-state index contributed by atoms with van der Waals surface area (Å²) in [6.45, 7) is 5.93. The van der Waals surface area contributed by atoms with Gasteiger partial charge in [-0.15, -0.1) is 0 Å². The molecule has 1 aliphatic heterocycles. The van der Waals surface area contributed by atoms with Crippen molar-refractivity contribution in [1.82, 2.24) is 19.9 Å². The number of H-pyrrole nitrogens is 1. The van der Waals surface area contributed by atoms with E-state index >= 15 is 0 Å². The Hall–Kier alpha value is -1.89. The third-order valence-electron chi connectivity index (χ3n) is 3.71. The Labute approximate surface area is 123 Å². The number of nitrogens with one attached hydrogen (secondary N) is 3. The van der Waals surface area contributed by atoms with E-state index in [0.29, 0.717) is 11.6 Å². The van der Waals surface area contributed by atoms with Crippen molar-refractivity contribution >= 4 is 22.9 Å². The van der Waals surface area contributed by atoms with Gasteiger partial charge in [-0.1, -0.05) is 6.92 Å². The van der Waals surface area contributed by atoms with E-state index in [2.05, 4.69) is 44.4 Å². The second kappa shape index (κ2) is 6.26. The minimum absolute atomic E-state index is 0.202. The number of aromatic amines is 1. The number of nitrogens with zero attached hydrogens (tertiary/aromatic N) is 3. The molecule has 1 aliphatic rings. The van der Waals surface area contributed by atoms with Gasteiger partial charge in [0.1, 0.15) is 5.52 Å². The summed E-state index contributed by atoms with van der Waals surface area (Å²) in [5.74, 6) is 1.39. The largest absolute Gasteiger partial charge is 0.376 e. The average Bonchev–Trinajstić information content (AvgIpc) is 3.15. The SMILES string of the molecule is CCCNc1nc(NC(C)C2CCCO2)c2[nH]cnc2n1. The lowest BCUT2D eigenvalue weighted by atomic mass is 10.1. The van der Waals surface area contributed by atoms with Crippen LogP contribution >= 0.6 is 0 Å². The number of hydrogen-bond donors (Lipinski definition) is 3. The first-order valence-electron chi connectivity index (χ1n) is 7.61. The highest BCUT2D eigenvalue weighted by Gasteiger charge is 2.23. The van der Waals surface area contributed by atoms with Crippen LogP contribution in [-0.2, 0) is 4.74 Å². The standard InChI is InChI=1S/C14H22N6O/c1-3-6-15-14-19-12-11(16-8-17-12)13(20-14)18-9(2)10-5-4-7-21-10/h8-10H,3-7H2,1-2H3,(H3,15,16,17,18,19,20). The maximum atomic E-state index is 5.73. The van der Waals surface area contributed by atoms with E-state index < -0.39 is 0 Å². The second-order valence-corrected chi connectivity index (χ2v) is 5.41. The smallest absolute Gasteiger partial charge is 0.226 e. The first kappa shape index (κ1) is 14.1. The van der Waals surface area contributed by atoms with Crippen LogP contribution in [0.1, 0.15) is 33.1 Å². The van der Waals surface area contributed by atoms with Gasteiger partial charge in [-0.25, -0.2) is 4.98 Å². The molecule has 0 saturated carbocycles. The molecule has 3 heterocycles. The highest BCUT2D eigenvalue weighted by atomic mass is 16.5. The molecule has 2 atom stereocenters. The van der Waals surface area contributed by atoms with Crippen LogP contribution in [0.15, 0.2) is 6.33 Å². The first-order valence-corrected chi connectivity index (χ1v) is 7.61. The number of rotatable bonds is 6. The van der Waals surface area contributed by atoms with Crippen molar-refractivity contribution in [1.29, 1.82) is 0 Å². The number of fused-ring (bicyclic) bond motifs is 1. The molecular formula is C14H22N6O. The molecule has 1 saturated heterocycles. The predicted octanol–water partition coefficient (Wildman–Crippen LogP) is 2.15. The van der Waals surface area contributed by atoms with Crippen LogP contribution in [0.3, 0.4) is 0 Å². The molecule has 2 aromatic rings. The number of aromatic nitrogens is 4. The van der Waals surface area contributed by atoms with Crippen molar-refractivity contribution < 1.29 is 4.74 Å². The van der Waals surface area contributed by atoms with Crippen molar-refractivity contribution in [2.45, 2.75) is 45.3 Å². The van der Waals surface area contributed by atoms with E-state index in [1.54, 1.807) is 6.33 Å². The number of imidazole rings is 1. The van der Waals surface area contributed by atoms with Gasteiger partial charge in [0.25, 0.3) is 0 Å². The van der Waals surface area contributed by atoms with Crippen LogP contribution in [0.5, 0.6) is 0 Å². The van der Waals surface area contributed by atoms with Gasteiger partial charge in [0.2, 0.25) is 5.95 Å². The summed E-state index contributed by atoms with van der Waals surface area (Å²) in [5, 5.41) is 6.65. The molecule has 0 bridgehead atoms. The Morgan fingerprint density at radius 3 is 3.14 bits per heavy atom. The molecule has 2 unspecified atom stereocenters. The van der Waals surface area contributed by atoms with Gasteiger partial charge in [0, 0.05) is 13.2 Å². The summed E-state index contributed by atoms with van der Waals surface area (Å²) in [4.78, 5) is 16.3. The number of hydrogen-bond acceptors (Lipinski definition) is 6. The van der Waals surface area contributed by atoms with Crippen molar-refractivity contribution in [3.05, 3.63) is 6.33 Å². The fraction of sp³-hybridized carbons (Fsp3) is 0.643. The molecule has 1 fully saturated rings. The molecule has 3 rings (SSSR count). The Kier molecular flexibility index (Phi) is 4.19. The maximum absolute atomic E-state index is 5.73. The van der Waals surface area contributed by atoms with E-state index in [-0.39, 0.29) is 12.1 Å². The second-order valence-electron chi connectivity index (χ2n) is 5.41. The lowest BCUT2D eigenvalue weighted by Gasteiger charge is -2.21. The van der Waals surface area contributed by atoms with Gasteiger partial charge >= 0.3 is 0 Å². The summed E-state index contributed by atoms with van der Waals surface area (Å²) in [7, 11) is 0. The van der Waals surface area contributed by atoms with Crippen molar-refractivity contribution in [3.63, 3.8) is 0 Å². The highest BCUT2D eigenvalue weighted by Crippen LogP contribution is 2.23. The zero-order valence-corrected chi connectivity index (χ0v) is 12.5. The van der Waals surface area contributed by atoms with Crippen LogP contribution in [0, 0.1) is 0 Å². The fourth-order valence-corrected chi connectivity index (χ4v) is 2.56. The number of ether oxygens (including phenoxy) is 1. The van der Waals surface area contributed by atoms with Crippen LogP contribution < -0.4 is 10.6 Å². The van der Waals surface area contributed by atoms with E-state index in [4.69, 9.17) is 4.74 Å². The maximum Gasteiger partial charge on any atom is 0.226 e. The molecule has 114 valence electrons. The molecule has 0 aromatic carbocycles. The molecule has 3 N–H and O–H groups in total. The van der Waals surface area contributed by atoms with Crippen LogP contribution in [-0.4, -0.2) is 45.2 Å². The fourth-order valence-electron chi connectivity index (χ4n) is 2.56. The molecular weight excluding hydrogens is 268 g/mol. The average molecular weight is 290 g/mol. The highest BCUT2D eigenvalue weighted by molar-refractivity contribution is 5.83. The van der Waals surface area contributed by atoms with Crippen molar-refractivity contribution in [3.8, 4) is 0 Å². The van der Waals surface area contributed by atoms with Gasteiger partial charge in [0.15, 0.2) is 11.5 Å². The molecule has 7 nitrogen and oxygen atoms in total. The topological polar surface area (TPSA) is 87.8 Å². The monoisotopic (exact) mass is 290 g/mol. The van der Waals surface area contributed by atoms with Crippen LogP contribution in [0.4, 0.5) is 11.8 Å². The van der Waals surface area contributed by atoms with Gasteiger partial charge in [0.05, 0.1) is 18.5 Å². The zero-order valence-electron chi connectivity index (χ0n) is 12.5. The Morgan fingerprint density at radius 1 is 1.48 bits per heavy atom. The summed E-state index contributed by atoms with van der Waals surface area (Å²) in [6.07, 6.45) is 5.13. The third-order valence-corrected chi connectivity index (χ3v) is 3.71. The lowest BCUT2D eigenvalue weighted by Crippen LogP contribution is -2.30. The molecule has 0 amide bonds. The minimum atomic E-state index is 0.202.